The van der Waals surface area contributed by atoms with Gasteiger partial charge in [0.2, 0.25) is 5.55 Å². The van der Waals surface area contributed by atoms with Crippen LogP contribution in [0.1, 0.15) is 34.3 Å². The van der Waals surface area contributed by atoms with Crippen LogP contribution in [0.3, 0.4) is 0 Å². The van der Waals surface area contributed by atoms with E-state index in [9.17, 15) is 4.79 Å². The smallest absolute Gasteiger partial charge is 0.262 e. The van der Waals surface area contributed by atoms with E-state index in [0.717, 1.165) is 29.5 Å². The molecule has 0 spiro atoms. The van der Waals surface area contributed by atoms with Gasteiger partial charge in [0.15, 0.2) is 16.5 Å². The predicted octanol–water partition coefficient (Wildman–Crippen LogP) is 6.93. The van der Waals surface area contributed by atoms with Crippen molar-refractivity contribution in [2.75, 3.05) is 12.4 Å². The summed E-state index contributed by atoms with van der Waals surface area (Å²) in [6.45, 7) is 0. The number of carbonyl (C=O) groups excluding carboxylic acids is 1. The van der Waals surface area contributed by atoms with Gasteiger partial charge in [-0.2, -0.15) is 0 Å². The zero-order valence-electron chi connectivity index (χ0n) is 20.4. The molecule has 184 valence electrons. The van der Waals surface area contributed by atoms with Crippen LogP contribution in [0.15, 0.2) is 87.6 Å². The number of aromatic nitrogens is 1. The van der Waals surface area contributed by atoms with E-state index in [1.54, 1.807) is 13.2 Å². The summed E-state index contributed by atoms with van der Waals surface area (Å²) < 4.78 is 11.6. The Bertz CT molecular complexity index is 1670. The van der Waals surface area contributed by atoms with E-state index >= 15 is 0 Å². The molecule has 0 fully saturated rings. The monoisotopic (exact) mass is 507 g/mol. The second-order valence-electron chi connectivity index (χ2n) is 8.97. The van der Waals surface area contributed by atoms with Gasteiger partial charge >= 0.3 is 0 Å². The van der Waals surface area contributed by atoms with Crippen LogP contribution < -0.4 is 15.6 Å². The molecule has 1 aliphatic rings. The van der Waals surface area contributed by atoms with Crippen molar-refractivity contribution in [3.63, 3.8) is 0 Å². The van der Waals surface area contributed by atoms with Gasteiger partial charge in [-0.1, -0.05) is 42.5 Å². The average Bonchev–Trinajstić information content (AvgIpc) is 3.41. The number of ether oxygens (including phenoxy) is 1. The minimum atomic E-state index is -0.338. The zero-order valence-corrected chi connectivity index (χ0v) is 21.2. The number of hydrogen-bond donors (Lipinski definition) is 1. The molecule has 0 atom stereocenters. The van der Waals surface area contributed by atoms with Crippen molar-refractivity contribution in [3.05, 3.63) is 100 Å². The van der Waals surface area contributed by atoms with Crippen LogP contribution in [0.2, 0.25) is 0 Å². The summed E-state index contributed by atoms with van der Waals surface area (Å²) in [5.74, 6) is 0.234. The molecule has 0 saturated heterocycles. The summed E-state index contributed by atoms with van der Waals surface area (Å²) >= 11 is 1.40. The molecule has 2 aromatic heterocycles. The topological polar surface area (TPSA) is 76.7 Å². The lowest BCUT2D eigenvalue weighted by atomic mass is 9.90. The van der Waals surface area contributed by atoms with Crippen LogP contribution in [-0.4, -0.2) is 18.0 Å². The van der Waals surface area contributed by atoms with Gasteiger partial charge in [0.1, 0.15) is 5.56 Å². The number of nitrogens with zero attached hydrogens (tertiary/aromatic N) is 2. The molecule has 7 heteroatoms. The van der Waals surface area contributed by atoms with Gasteiger partial charge in [0.05, 0.1) is 18.5 Å². The normalized spacial score (nSPS) is 13.4. The molecule has 6 nitrogen and oxygen atoms in total. The average molecular weight is 508 g/mol. The Morgan fingerprint density at radius 3 is 2.68 bits per heavy atom. The molecule has 1 aliphatic carbocycles. The highest BCUT2D eigenvalue weighted by Crippen LogP contribution is 2.30. The number of hydrogen-bond acceptors (Lipinski definition) is 6. The van der Waals surface area contributed by atoms with Crippen LogP contribution in [0.25, 0.3) is 22.2 Å². The molecular weight excluding hydrogens is 482 g/mol. The molecule has 0 aliphatic heterocycles. The summed E-state index contributed by atoms with van der Waals surface area (Å²) in [6.07, 6.45) is 4.74. The highest BCUT2D eigenvalue weighted by atomic mass is 32.1. The van der Waals surface area contributed by atoms with E-state index in [0.29, 0.717) is 27.7 Å². The van der Waals surface area contributed by atoms with Crippen molar-refractivity contribution in [3.8, 4) is 17.0 Å². The van der Waals surface area contributed by atoms with Crippen molar-refractivity contribution < 1.29 is 13.9 Å². The maximum atomic E-state index is 13.5. The van der Waals surface area contributed by atoms with Gasteiger partial charge in [0, 0.05) is 16.3 Å². The zero-order chi connectivity index (χ0) is 25.2. The van der Waals surface area contributed by atoms with E-state index in [1.807, 2.05) is 53.9 Å². The molecule has 3 aromatic carbocycles. The largest absolute Gasteiger partial charge is 0.493 e. The Labute approximate surface area is 218 Å². The van der Waals surface area contributed by atoms with Crippen LogP contribution in [0, 0.1) is 0 Å². The molecule has 1 amide bonds. The molecule has 6 rings (SSSR count). The predicted molar refractivity (Wildman–Crippen MR) is 147 cm³/mol. The molecule has 37 heavy (non-hydrogen) atoms. The van der Waals surface area contributed by atoms with Gasteiger partial charge in [-0.15, -0.1) is 11.3 Å². The maximum absolute atomic E-state index is 13.5. The highest BCUT2D eigenvalue weighted by molar-refractivity contribution is 7.14. The number of carbonyl (C=O) groups is 1. The standard InChI is InChI=1S/C30H25N3O3S/c1-35-26-13-7-10-22-17-24(29(36-27(22)26)31-23-11-3-2-4-12-23)28(34)33-30-32-25(18-37-30)21-15-14-19-8-5-6-9-20(19)16-21/h2-4,7,10-18H,5-6,8-9H2,1H3,(H,32,33,34). The third kappa shape index (κ3) is 4.78. The second-order valence-corrected chi connectivity index (χ2v) is 9.83. The van der Waals surface area contributed by atoms with E-state index in [1.165, 1.54) is 35.3 Å². The molecule has 2 heterocycles. The van der Waals surface area contributed by atoms with E-state index < -0.39 is 0 Å². The number of thiazole rings is 1. The lowest BCUT2D eigenvalue weighted by molar-refractivity contribution is 0.102. The number of amides is 1. The summed E-state index contributed by atoms with van der Waals surface area (Å²) in [4.78, 5) is 22.8. The first-order chi connectivity index (χ1) is 18.2. The Morgan fingerprint density at radius 1 is 1.00 bits per heavy atom. The maximum Gasteiger partial charge on any atom is 0.262 e. The number of anilines is 1. The Balaban J connectivity index is 1.35. The van der Waals surface area contributed by atoms with Crippen LogP contribution in [-0.2, 0) is 12.8 Å². The fourth-order valence-electron chi connectivity index (χ4n) is 4.67. The van der Waals surface area contributed by atoms with E-state index in [2.05, 4.69) is 28.5 Å². The number of aryl methyl sites for hydroxylation is 2. The molecule has 0 radical (unpaired) electrons. The number of methoxy groups -OCH3 is 1. The summed E-state index contributed by atoms with van der Waals surface area (Å²) in [5, 5.41) is 6.19. The van der Waals surface area contributed by atoms with Gasteiger partial charge in [-0.25, -0.2) is 9.98 Å². The second kappa shape index (κ2) is 10.0. The number of para-hydroxylation sites is 2. The fraction of sp³-hybridized carbons (Fsp3) is 0.167. The number of fused-ring (bicyclic) bond motifs is 2. The van der Waals surface area contributed by atoms with Crippen LogP contribution in [0.4, 0.5) is 10.8 Å². The molecular formula is C30H25N3O3S. The number of nitrogens with one attached hydrogen (secondary N) is 1. The molecule has 0 bridgehead atoms. The quantitative estimate of drug-likeness (QED) is 0.280. The number of rotatable bonds is 5. The SMILES string of the molecule is COc1cccc2cc(C(=O)Nc3nc(-c4ccc5c(c4)CCCC5)cs3)c(=Nc3ccccc3)oc12. The lowest BCUT2D eigenvalue weighted by Gasteiger charge is -2.16. The summed E-state index contributed by atoms with van der Waals surface area (Å²) in [5.41, 5.74) is 6.49. The Hall–Kier alpha value is -4.23. The molecule has 5 aromatic rings. The molecule has 0 saturated carbocycles. The first-order valence-electron chi connectivity index (χ1n) is 12.3. The first kappa shape index (κ1) is 23.2. The highest BCUT2D eigenvalue weighted by Gasteiger charge is 2.17. The third-order valence-corrected chi connectivity index (χ3v) is 7.32. The van der Waals surface area contributed by atoms with E-state index in [4.69, 9.17) is 14.1 Å². The van der Waals surface area contributed by atoms with Crippen LogP contribution >= 0.6 is 11.3 Å². The minimum Gasteiger partial charge on any atom is -0.493 e. The van der Waals surface area contributed by atoms with Crippen molar-refractivity contribution in [2.45, 2.75) is 25.7 Å². The minimum absolute atomic E-state index is 0.201. The van der Waals surface area contributed by atoms with Crippen molar-refractivity contribution in [1.29, 1.82) is 0 Å². The van der Waals surface area contributed by atoms with Crippen LogP contribution in [0.5, 0.6) is 5.75 Å². The fourth-order valence-corrected chi connectivity index (χ4v) is 5.39. The molecule has 1 N–H and O–H groups in total. The Morgan fingerprint density at radius 2 is 1.84 bits per heavy atom. The third-order valence-electron chi connectivity index (χ3n) is 6.56. The summed E-state index contributed by atoms with van der Waals surface area (Å²) in [7, 11) is 1.58. The van der Waals surface area contributed by atoms with E-state index in [-0.39, 0.29) is 11.5 Å². The van der Waals surface area contributed by atoms with Gasteiger partial charge in [-0.3, -0.25) is 10.1 Å². The Kier molecular flexibility index (Phi) is 6.28. The van der Waals surface area contributed by atoms with Gasteiger partial charge in [0.25, 0.3) is 5.91 Å². The van der Waals surface area contributed by atoms with Crippen molar-refractivity contribution >= 4 is 39.0 Å². The van der Waals surface area contributed by atoms with Gasteiger partial charge in [-0.05, 0) is 67.1 Å². The summed E-state index contributed by atoms with van der Waals surface area (Å²) in [6, 6.07) is 23.3. The van der Waals surface area contributed by atoms with Gasteiger partial charge < -0.3 is 9.15 Å². The first-order valence-corrected chi connectivity index (χ1v) is 13.2. The van der Waals surface area contributed by atoms with Crippen molar-refractivity contribution in [1.82, 2.24) is 4.98 Å². The lowest BCUT2D eigenvalue weighted by Crippen LogP contribution is -2.21. The number of benzene rings is 3. The van der Waals surface area contributed by atoms with Crippen molar-refractivity contribution in [2.24, 2.45) is 4.99 Å². The molecule has 0 unspecified atom stereocenters.